The van der Waals surface area contributed by atoms with Crippen LogP contribution in [0.5, 0.6) is 5.75 Å². The van der Waals surface area contributed by atoms with Crippen LogP contribution in [-0.4, -0.2) is 11.6 Å². The number of nitrogens with two attached hydrogens (primary N) is 1. The Labute approximate surface area is 131 Å². The van der Waals surface area contributed by atoms with Gasteiger partial charge in [0, 0.05) is 17.8 Å². The van der Waals surface area contributed by atoms with E-state index in [0.717, 1.165) is 36.4 Å². The number of aryl methyl sites for hydroxylation is 2. The lowest BCUT2D eigenvalue weighted by atomic mass is 10.1. The second-order valence-electron chi connectivity index (χ2n) is 4.99. The monoisotopic (exact) mass is 304 g/mol. The first kappa shape index (κ1) is 16.0. The molecule has 0 unspecified atom stereocenters. The van der Waals surface area contributed by atoms with E-state index in [1.807, 2.05) is 12.1 Å². The van der Waals surface area contributed by atoms with Gasteiger partial charge in [-0.3, -0.25) is 0 Å². The fourth-order valence-corrected chi connectivity index (χ4v) is 3.29. The summed E-state index contributed by atoms with van der Waals surface area (Å²) in [5.74, 6) is 0.990. The number of para-hydroxylation sites is 1. The van der Waals surface area contributed by atoms with Crippen molar-refractivity contribution in [1.82, 2.24) is 4.98 Å². The Kier molecular flexibility index (Phi) is 6.21. The fraction of sp³-hybridized carbons (Fsp3) is 0.471. The van der Waals surface area contributed by atoms with E-state index in [-0.39, 0.29) is 0 Å². The Balaban J connectivity index is 1.94. The van der Waals surface area contributed by atoms with Crippen LogP contribution in [0.3, 0.4) is 0 Å². The first-order chi connectivity index (χ1) is 10.3. The van der Waals surface area contributed by atoms with Crippen molar-refractivity contribution in [2.75, 3.05) is 6.61 Å². The molecule has 21 heavy (non-hydrogen) atoms. The Hall–Kier alpha value is -1.39. The standard InChI is InChI=1S/C17H24N2OS/c1-3-7-14-16(12-18)21-17(19-14)10-11-20-15-9-6-5-8-13(15)4-2/h5-6,8-9H,3-4,7,10-12,18H2,1-2H3. The molecule has 0 aliphatic heterocycles. The summed E-state index contributed by atoms with van der Waals surface area (Å²) in [7, 11) is 0. The van der Waals surface area contributed by atoms with Gasteiger partial charge in [-0.05, 0) is 24.5 Å². The third-order valence-electron chi connectivity index (χ3n) is 3.42. The molecule has 0 spiro atoms. The number of thiazole rings is 1. The zero-order valence-electron chi connectivity index (χ0n) is 12.9. The number of benzene rings is 1. The first-order valence-electron chi connectivity index (χ1n) is 7.66. The zero-order valence-corrected chi connectivity index (χ0v) is 13.7. The predicted molar refractivity (Wildman–Crippen MR) is 89.0 cm³/mol. The Morgan fingerprint density at radius 3 is 2.71 bits per heavy atom. The SMILES string of the molecule is CCCc1nc(CCOc2ccccc2CC)sc1CN. The highest BCUT2D eigenvalue weighted by Gasteiger charge is 2.09. The van der Waals surface area contributed by atoms with E-state index < -0.39 is 0 Å². The number of nitrogens with zero attached hydrogens (tertiary/aromatic N) is 1. The molecular weight excluding hydrogens is 280 g/mol. The normalized spacial score (nSPS) is 10.8. The summed E-state index contributed by atoms with van der Waals surface area (Å²) >= 11 is 1.73. The Bertz CT molecular complexity index is 566. The molecule has 1 aromatic heterocycles. The van der Waals surface area contributed by atoms with Crippen LogP contribution in [0, 0.1) is 0 Å². The van der Waals surface area contributed by atoms with Crippen molar-refractivity contribution in [3.05, 3.63) is 45.4 Å². The molecular formula is C17H24N2OS. The lowest BCUT2D eigenvalue weighted by Gasteiger charge is -2.09. The van der Waals surface area contributed by atoms with Crippen molar-refractivity contribution in [2.24, 2.45) is 5.73 Å². The van der Waals surface area contributed by atoms with Crippen LogP contribution in [0.25, 0.3) is 0 Å². The van der Waals surface area contributed by atoms with E-state index in [9.17, 15) is 0 Å². The van der Waals surface area contributed by atoms with Crippen molar-refractivity contribution >= 4 is 11.3 Å². The molecule has 0 atom stereocenters. The number of hydrogen-bond donors (Lipinski definition) is 1. The highest BCUT2D eigenvalue weighted by atomic mass is 32.1. The number of rotatable bonds is 8. The second kappa shape index (κ2) is 8.15. The minimum atomic E-state index is 0.590. The lowest BCUT2D eigenvalue weighted by molar-refractivity contribution is 0.318. The summed E-state index contributed by atoms with van der Waals surface area (Å²) < 4.78 is 5.91. The van der Waals surface area contributed by atoms with Crippen LogP contribution in [0.1, 0.15) is 41.4 Å². The van der Waals surface area contributed by atoms with Gasteiger partial charge in [-0.15, -0.1) is 11.3 Å². The average Bonchev–Trinajstić information content (AvgIpc) is 2.90. The van der Waals surface area contributed by atoms with Gasteiger partial charge in [0.1, 0.15) is 5.75 Å². The molecule has 0 aliphatic rings. The van der Waals surface area contributed by atoms with Gasteiger partial charge in [0.2, 0.25) is 0 Å². The van der Waals surface area contributed by atoms with Gasteiger partial charge in [0.15, 0.2) is 0 Å². The molecule has 2 aromatic rings. The van der Waals surface area contributed by atoms with Crippen LogP contribution < -0.4 is 10.5 Å². The molecule has 1 heterocycles. The maximum atomic E-state index is 5.91. The molecule has 0 saturated carbocycles. The third-order valence-corrected chi connectivity index (χ3v) is 4.60. The summed E-state index contributed by atoms with van der Waals surface area (Å²) in [6.45, 7) is 5.57. The summed E-state index contributed by atoms with van der Waals surface area (Å²) in [4.78, 5) is 5.93. The fourth-order valence-electron chi connectivity index (χ4n) is 2.32. The maximum Gasteiger partial charge on any atom is 0.122 e. The van der Waals surface area contributed by atoms with Gasteiger partial charge in [0.05, 0.1) is 17.3 Å². The van der Waals surface area contributed by atoms with E-state index in [2.05, 4.69) is 26.0 Å². The van der Waals surface area contributed by atoms with Crippen LogP contribution in [0.15, 0.2) is 24.3 Å². The quantitative estimate of drug-likeness (QED) is 0.808. The molecule has 0 aliphatic carbocycles. The first-order valence-corrected chi connectivity index (χ1v) is 8.48. The third kappa shape index (κ3) is 4.29. The van der Waals surface area contributed by atoms with Crippen molar-refractivity contribution < 1.29 is 4.74 Å². The number of ether oxygens (including phenoxy) is 1. The van der Waals surface area contributed by atoms with Gasteiger partial charge in [-0.1, -0.05) is 38.5 Å². The molecule has 3 nitrogen and oxygen atoms in total. The highest BCUT2D eigenvalue weighted by molar-refractivity contribution is 7.11. The van der Waals surface area contributed by atoms with E-state index in [4.69, 9.17) is 15.5 Å². The molecule has 0 fully saturated rings. The Morgan fingerprint density at radius 1 is 1.19 bits per heavy atom. The summed E-state index contributed by atoms with van der Waals surface area (Å²) in [6, 6.07) is 8.22. The largest absolute Gasteiger partial charge is 0.493 e. The topological polar surface area (TPSA) is 48.1 Å². The Morgan fingerprint density at radius 2 is 2.00 bits per heavy atom. The summed E-state index contributed by atoms with van der Waals surface area (Å²) in [5.41, 5.74) is 8.22. The van der Waals surface area contributed by atoms with Crippen molar-refractivity contribution in [2.45, 2.75) is 46.1 Å². The molecule has 0 saturated heterocycles. The van der Waals surface area contributed by atoms with Crippen LogP contribution in [0.4, 0.5) is 0 Å². The minimum absolute atomic E-state index is 0.590. The smallest absolute Gasteiger partial charge is 0.122 e. The van der Waals surface area contributed by atoms with Crippen LogP contribution >= 0.6 is 11.3 Å². The second-order valence-corrected chi connectivity index (χ2v) is 6.16. The van der Waals surface area contributed by atoms with Crippen molar-refractivity contribution in [3.8, 4) is 5.75 Å². The van der Waals surface area contributed by atoms with Crippen LogP contribution in [-0.2, 0) is 25.8 Å². The van der Waals surface area contributed by atoms with E-state index in [1.165, 1.54) is 16.1 Å². The van der Waals surface area contributed by atoms with E-state index in [1.54, 1.807) is 11.3 Å². The molecule has 2 N–H and O–H groups in total. The maximum absolute atomic E-state index is 5.91. The number of hydrogen-bond acceptors (Lipinski definition) is 4. The summed E-state index contributed by atoms with van der Waals surface area (Å²) in [5, 5.41) is 1.13. The van der Waals surface area contributed by atoms with Gasteiger partial charge >= 0.3 is 0 Å². The van der Waals surface area contributed by atoms with Gasteiger partial charge in [0.25, 0.3) is 0 Å². The lowest BCUT2D eigenvalue weighted by Crippen LogP contribution is -2.03. The molecule has 0 amide bonds. The van der Waals surface area contributed by atoms with Crippen LogP contribution in [0.2, 0.25) is 0 Å². The summed E-state index contributed by atoms with van der Waals surface area (Å²) in [6.07, 6.45) is 3.96. The minimum Gasteiger partial charge on any atom is -0.493 e. The van der Waals surface area contributed by atoms with Crippen molar-refractivity contribution in [1.29, 1.82) is 0 Å². The van der Waals surface area contributed by atoms with Gasteiger partial charge in [-0.25, -0.2) is 4.98 Å². The predicted octanol–water partition coefficient (Wildman–Crippen LogP) is 3.74. The van der Waals surface area contributed by atoms with Gasteiger partial charge in [-0.2, -0.15) is 0 Å². The highest BCUT2D eigenvalue weighted by Crippen LogP contribution is 2.22. The molecule has 0 radical (unpaired) electrons. The molecule has 2 rings (SSSR count). The average molecular weight is 304 g/mol. The molecule has 4 heteroatoms. The van der Waals surface area contributed by atoms with E-state index >= 15 is 0 Å². The van der Waals surface area contributed by atoms with E-state index in [0.29, 0.717) is 13.2 Å². The zero-order chi connectivity index (χ0) is 15.1. The van der Waals surface area contributed by atoms with Gasteiger partial charge < -0.3 is 10.5 Å². The molecule has 1 aromatic carbocycles. The molecule has 114 valence electrons. The number of aromatic nitrogens is 1. The molecule has 0 bridgehead atoms. The van der Waals surface area contributed by atoms with Crippen molar-refractivity contribution in [3.63, 3.8) is 0 Å².